The summed E-state index contributed by atoms with van der Waals surface area (Å²) in [6.07, 6.45) is 4.65. The zero-order valence-electron chi connectivity index (χ0n) is 13.7. The number of rotatable bonds is 6. The molecule has 0 saturated carbocycles. The molecule has 24 heavy (non-hydrogen) atoms. The number of nitrogens with two attached hydrogens (primary N) is 1. The minimum Gasteiger partial charge on any atom is -0.398 e. The van der Waals surface area contributed by atoms with E-state index in [1.165, 1.54) is 6.08 Å². The number of carbonyl (C=O) groups is 1. The monoisotopic (exact) mass is 319 g/mol. The van der Waals surface area contributed by atoms with Gasteiger partial charge in [0.05, 0.1) is 0 Å². The molecule has 0 radical (unpaired) electrons. The Hall–Kier alpha value is -3.14. The first-order valence-electron chi connectivity index (χ1n) is 7.62. The highest BCUT2D eigenvalue weighted by atomic mass is 16.1. The summed E-state index contributed by atoms with van der Waals surface area (Å²) in [5, 5.41) is 2.79. The Morgan fingerprint density at radius 1 is 1.21 bits per heavy atom. The van der Waals surface area contributed by atoms with Gasteiger partial charge in [-0.15, -0.1) is 0 Å². The van der Waals surface area contributed by atoms with Crippen molar-refractivity contribution in [1.29, 1.82) is 0 Å². The van der Waals surface area contributed by atoms with E-state index in [4.69, 9.17) is 5.73 Å². The van der Waals surface area contributed by atoms with Gasteiger partial charge in [-0.1, -0.05) is 49.0 Å². The molecule has 0 unspecified atom stereocenters. The summed E-state index contributed by atoms with van der Waals surface area (Å²) in [4.78, 5) is 15.4. The van der Waals surface area contributed by atoms with Crippen LogP contribution in [0.5, 0.6) is 0 Å². The van der Waals surface area contributed by atoms with Gasteiger partial charge in [-0.05, 0) is 34.9 Å². The third-order valence-corrected chi connectivity index (χ3v) is 3.57. The maximum Gasteiger partial charge on any atom is 0.243 e. The number of carbonyl (C=O) groups excluding carboxylic acids is 1. The van der Waals surface area contributed by atoms with Gasteiger partial charge in [-0.2, -0.15) is 0 Å². The molecule has 0 heterocycles. The summed E-state index contributed by atoms with van der Waals surface area (Å²) < 4.78 is 0. The number of aliphatic imine (C=N–C) groups is 1. The van der Waals surface area contributed by atoms with Gasteiger partial charge in [0.15, 0.2) is 0 Å². The minimum absolute atomic E-state index is 0.217. The van der Waals surface area contributed by atoms with Crippen LogP contribution in [0.15, 0.2) is 72.3 Å². The predicted octanol–water partition coefficient (Wildman–Crippen LogP) is 3.16. The Bertz CT molecular complexity index is 777. The zero-order chi connectivity index (χ0) is 17.4. The van der Waals surface area contributed by atoms with Crippen LogP contribution >= 0.6 is 0 Å². The van der Waals surface area contributed by atoms with E-state index >= 15 is 0 Å². The Morgan fingerprint density at radius 3 is 2.62 bits per heavy atom. The van der Waals surface area contributed by atoms with E-state index in [1.807, 2.05) is 48.5 Å². The number of nitrogens with one attached hydrogen (secondary N) is 1. The van der Waals surface area contributed by atoms with Gasteiger partial charge in [0.25, 0.3) is 0 Å². The quantitative estimate of drug-likeness (QED) is 0.634. The molecule has 2 aromatic carbocycles. The Labute approximate surface area is 142 Å². The lowest BCUT2D eigenvalue weighted by Gasteiger charge is -2.13. The second kappa shape index (κ2) is 8.48. The van der Waals surface area contributed by atoms with Crippen LogP contribution in [-0.2, 0) is 11.3 Å². The van der Waals surface area contributed by atoms with Gasteiger partial charge >= 0.3 is 0 Å². The van der Waals surface area contributed by atoms with Crippen molar-refractivity contribution in [2.45, 2.75) is 6.54 Å². The van der Waals surface area contributed by atoms with Crippen molar-refractivity contribution in [3.05, 3.63) is 78.4 Å². The van der Waals surface area contributed by atoms with Crippen LogP contribution < -0.4 is 11.1 Å². The molecule has 0 bridgehead atoms. The highest BCUT2D eigenvalue weighted by Crippen LogP contribution is 2.25. The molecule has 0 fully saturated rings. The molecule has 0 spiro atoms. The standard InChI is InChI=1S/C20H21N3O/c1-3-20(24)23-14-17-10-9-16(15-7-5-4-6-8-15)13-18(17)19(21)11-12-22-2/h3-13H,1,14,21H2,2H3,(H,23,24)/b19-11-,22-12?. The molecule has 2 rings (SSSR count). The van der Waals surface area contributed by atoms with Crippen molar-refractivity contribution in [3.63, 3.8) is 0 Å². The molecule has 3 N–H and O–H groups in total. The summed E-state index contributed by atoms with van der Waals surface area (Å²) in [6.45, 7) is 3.84. The van der Waals surface area contributed by atoms with E-state index < -0.39 is 0 Å². The topological polar surface area (TPSA) is 67.5 Å². The van der Waals surface area contributed by atoms with Crippen molar-refractivity contribution in [2.75, 3.05) is 7.05 Å². The first-order chi connectivity index (χ1) is 11.7. The summed E-state index contributed by atoms with van der Waals surface area (Å²) in [7, 11) is 1.69. The average Bonchev–Trinajstić information content (AvgIpc) is 2.64. The lowest BCUT2D eigenvalue weighted by molar-refractivity contribution is -0.116. The molecular formula is C20H21N3O. The number of hydrogen-bond donors (Lipinski definition) is 2. The van der Waals surface area contributed by atoms with E-state index in [2.05, 4.69) is 16.9 Å². The number of hydrogen-bond acceptors (Lipinski definition) is 3. The van der Waals surface area contributed by atoms with E-state index in [0.717, 1.165) is 22.3 Å². The summed E-state index contributed by atoms with van der Waals surface area (Å²) in [6, 6.07) is 16.1. The van der Waals surface area contributed by atoms with Gasteiger partial charge < -0.3 is 11.1 Å². The maximum atomic E-state index is 11.4. The molecule has 1 amide bonds. The van der Waals surface area contributed by atoms with Crippen molar-refractivity contribution in [2.24, 2.45) is 10.7 Å². The van der Waals surface area contributed by atoms with Gasteiger partial charge in [0, 0.05) is 31.1 Å². The van der Waals surface area contributed by atoms with Crippen molar-refractivity contribution in [3.8, 4) is 11.1 Å². The number of nitrogens with zero attached hydrogens (tertiary/aromatic N) is 1. The molecule has 122 valence electrons. The number of amides is 1. The summed E-state index contributed by atoms with van der Waals surface area (Å²) in [5.74, 6) is -0.217. The second-order valence-electron chi connectivity index (χ2n) is 5.19. The third-order valence-electron chi connectivity index (χ3n) is 3.57. The van der Waals surface area contributed by atoms with Gasteiger partial charge in [0.1, 0.15) is 0 Å². The van der Waals surface area contributed by atoms with E-state index in [-0.39, 0.29) is 5.91 Å². The fourth-order valence-electron chi connectivity index (χ4n) is 2.31. The highest BCUT2D eigenvalue weighted by Gasteiger charge is 2.08. The van der Waals surface area contributed by atoms with Crippen molar-refractivity contribution >= 4 is 17.8 Å². The molecule has 0 atom stereocenters. The molecule has 0 aliphatic carbocycles. The van der Waals surface area contributed by atoms with Gasteiger partial charge in [0.2, 0.25) is 5.91 Å². The molecule has 4 nitrogen and oxygen atoms in total. The molecule has 2 aromatic rings. The average molecular weight is 319 g/mol. The summed E-state index contributed by atoms with van der Waals surface area (Å²) in [5.41, 5.74) is 10.8. The Balaban J connectivity index is 2.43. The largest absolute Gasteiger partial charge is 0.398 e. The van der Waals surface area contributed by atoms with E-state index in [0.29, 0.717) is 12.2 Å². The fraction of sp³-hybridized carbons (Fsp3) is 0.100. The molecule has 0 aliphatic rings. The molecule has 4 heteroatoms. The normalized spacial score (nSPS) is 11.5. The van der Waals surface area contributed by atoms with Crippen LogP contribution in [0.25, 0.3) is 16.8 Å². The number of benzene rings is 2. The van der Waals surface area contributed by atoms with Crippen molar-refractivity contribution < 1.29 is 4.79 Å². The van der Waals surface area contributed by atoms with Crippen LogP contribution in [0.1, 0.15) is 11.1 Å². The Morgan fingerprint density at radius 2 is 1.96 bits per heavy atom. The predicted molar refractivity (Wildman–Crippen MR) is 101 cm³/mol. The fourth-order valence-corrected chi connectivity index (χ4v) is 2.31. The molecule has 0 aliphatic heterocycles. The van der Waals surface area contributed by atoms with E-state index in [1.54, 1.807) is 19.3 Å². The molecular weight excluding hydrogens is 298 g/mol. The van der Waals surface area contributed by atoms with Crippen LogP contribution in [-0.4, -0.2) is 19.2 Å². The first-order valence-corrected chi connectivity index (χ1v) is 7.62. The number of allylic oxidation sites excluding steroid dienone is 1. The second-order valence-corrected chi connectivity index (χ2v) is 5.19. The molecule has 0 saturated heterocycles. The lowest BCUT2D eigenvalue weighted by atomic mass is 9.97. The van der Waals surface area contributed by atoms with Crippen LogP contribution in [0.3, 0.4) is 0 Å². The van der Waals surface area contributed by atoms with Crippen LogP contribution in [0, 0.1) is 0 Å². The molecule has 0 aromatic heterocycles. The zero-order valence-corrected chi connectivity index (χ0v) is 13.7. The maximum absolute atomic E-state index is 11.4. The highest BCUT2D eigenvalue weighted by molar-refractivity contribution is 5.87. The van der Waals surface area contributed by atoms with E-state index in [9.17, 15) is 4.79 Å². The Kier molecular flexibility index (Phi) is 6.08. The minimum atomic E-state index is -0.217. The van der Waals surface area contributed by atoms with Gasteiger partial charge in [-0.25, -0.2) is 0 Å². The smallest absolute Gasteiger partial charge is 0.243 e. The SMILES string of the molecule is C=CC(=O)NCc1ccc(-c2ccccc2)cc1/C(N)=C/C=NC. The van der Waals surface area contributed by atoms with Gasteiger partial charge in [-0.3, -0.25) is 9.79 Å². The summed E-state index contributed by atoms with van der Waals surface area (Å²) >= 11 is 0. The lowest BCUT2D eigenvalue weighted by Crippen LogP contribution is -2.21. The van der Waals surface area contributed by atoms with Crippen LogP contribution in [0.4, 0.5) is 0 Å². The van der Waals surface area contributed by atoms with Crippen LogP contribution in [0.2, 0.25) is 0 Å². The third kappa shape index (κ3) is 4.43. The first kappa shape index (κ1) is 17.2. The van der Waals surface area contributed by atoms with Crippen molar-refractivity contribution in [1.82, 2.24) is 5.32 Å².